The summed E-state index contributed by atoms with van der Waals surface area (Å²) in [5, 5.41) is 28.5. The summed E-state index contributed by atoms with van der Waals surface area (Å²) in [6, 6.07) is 10.8. The molecular weight excluding hydrogens is 378 g/mol. The fourth-order valence-corrected chi connectivity index (χ4v) is 3.14. The number of ether oxygens (including phenoxy) is 1. The molecule has 1 aliphatic carbocycles. The lowest BCUT2D eigenvalue weighted by Crippen LogP contribution is -2.22. The molecule has 0 aliphatic heterocycles. The number of aryl methyl sites for hydroxylation is 1. The van der Waals surface area contributed by atoms with Crippen molar-refractivity contribution in [2.45, 2.75) is 45.1 Å². The first-order valence-electron chi connectivity index (χ1n) is 9.27. The number of benzene rings is 2. The molecule has 154 valence electrons. The van der Waals surface area contributed by atoms with Crippen LogP contribution in [0.25, 0.3) is 0 Å². The lowest BCUT2D eigenvalue weighted by Gasteiger charge is -2.25. The molecule has 0 atom stereocenters. The summed E-state index contributed by atoms with van der Waals surface area (Å²) in [4.78, 5) is 32.3. The van der Waals surface area contributed by atoms with Crippen molar-refractivity contribution in [3.63, 3.8) is 0 Å². The zero-order valence-corrected chi connectivity index (χ0v) is 16.0. The van der Waals surface area contributed by atoms with Gasteiger partial charge in [0.05, 0.1) is 11.0 Å². The zero-order chi connectivity index (χ0) is 21.4. The molecule has 0 spiro atoms. The van der Waals surface area contributed by atoms with Crippen molar-refractivity contribution >= 4 is 17.6 Å². The van der Waals surface area contributed by atoms with Gasteiger partial charge in [0, 0.05) is 12.1 Å². The van der Waals surface area contributed by atoms with Gasteiger partial charge in [0.2, 0.25) is 0 Å². The van der Waals surface area contributed by atoms with Crippen LogP contribution < -0.4 is 4.74 Å². The largest absolute Gasteiger partial charge is 0.489 e. The standard InChI is InChI=1S/C15H18O5.C6H5NO2/c1-9-7-8-11(14(16)17)13(12(9)15(18)19)20-10-5-3-2-4-6-10;8-7(9)6-4-2-1-3-5-6/h7-8,10H,2-6H2,1H3,(H,16,17)(H,18,19);1-5H. The fraction of sp³-hybridized carbons (Fsp3) is 0.333. The summed E-state index contributed by atoms with van der Waals surface area (Å²) in [5.41, 5.74) is 0.514. The van der Waals surface area contributed by atoms with Crippen LogP contribution in [0.4, 0.5) is 5.69 Å². The van der Waals surface area contributed by atoms with Crippen LogP contribution in [0.3, 0.4) is 0 Å². The highest BCUT2D eigenvalue weighted by Crippen LogP contribution is 2.31. The van der Waals surface area contributed by atoms with Gasteiger partial charge in [-0.2, -0.15) is 0 Å². The van der Waals surface area contributed by atoms with E-state index in [9.17, 15) is 29.9 Å². The summed E-state index contributed by atoms with van der Waals surface area (Å²) in [6.07, 6.45) is 4.79. The number of nitro groups is 1. The summed E-state index contributed by atoms with van der Waals surface area (Å²) < 4.78 is 5.76. The number of hydrogen-bond acceptors (Lipinski definition) is 5. The lowest BCUT2D eigenvalue weighted by molar-refractivity contribution is -0.384. The van der Waals surface area contributed by atoms with Gasteiger partial charge in [-0.25, -0.2) is 9.59 Å². The van der Waals surface area contributed by atoms with E-state index < -0.39 is 16.9 Å². The third kappa shape index (κ3) is 6.03. The second-order valence-corrected chi connectivity index (χ2v) is 6.71. The molecule has 0 bridgehead atoms. The molecule has 29 heavy (non-hydrogen) atoms. The van der Waals surface area contributed by atoms with E-state index in [1.165, 1.54) is 24.3 Å². The Morgan fingerprint density at radius 1 is 1.00 bits per heavy atom. The minimum Gasteiger partial charge on any atom is -0.489 e. The molecule has 0 amide bonds. The van der Waals surface area contributed by atoms with E-state index in [2.05, 4.69) is 0 Å². The normalized spacial score (nSPS) is 13.7. The Morgan fingerprint density at radius 2 is 1.62 bits per heavy atom. The van der Waals surface area contributed by atoms with E-state index in [0.717, 1.165) is 32.1 Å². The fourth-order valence-electron chi connectivity index (χ4n) is 3.14. The molecule has 0 heterocycles. The van der Waals surface area contributed by atoms with Crippen LogP contribution in [0, 0.1) is 17.0 Å². The Morgan fingerprint density at radius 3 is 2.10 bits per heavy atom. The SMILES string of the molecule is Cc1ccc(C(=O)O)c(OC2CCCCC2)c1C(=O)O.O=[N+]([O-])c1ccccc1. The molecule has 8 nitrogen and oxygen atoms in total. The highest BCUT2D eigenvalue weighted by Gasteiger charge is 2.25. The highest BCUT2D eigenvalue weighted by molar-refractivity contribution is 5.99. The average Bonchev–Trinajstić information content (AvgIpc) is 2.69. The monoisotopic (exact) mass is 401 g/mol. The maximum atomic E-state index is 11.4. The Bertz CT molecular complexity index is 874. The van der Waals surface area contributed by atoms with Crippen LogP contribution in [0.15, 0.2) is 42.5 Å². The zero-order valence-electron chi connectivity index (χ0n) is 16.0. The maximum absolute atomic E-state index is 11.4. The minimum atomic E-state index is -1.17. The van der Waals surface area contributed by atoms with E-state index in [4.69, 9.17) is 4.74 Å². The number of carbonyl (C=O) groups is 2. The van der Waals surface area contributed by atoms with Gasteiger partial charge in [0.15, 0.2) is 0 Å². The van der Waals surface area contributed by atoms with Crippen LogP contribution >= 0.6 is 0 Å². The number of aromatic carboxylic acids is 2. The molecule has 0 unspecified atom stereocenters. The molecule has 3 rings (SSSR count). The van der Waals surface area contributed by atoms with Gasteiger partial charge < -0.3 is 14.9 Å². The number of para-hydroxylation sites is 1. The van der Waals surface area contributed by atoms with Crippen molar-refractivity contribution in [2.24, 2.45) is 0 Å². The maximum Gasteiger partial charge on any atom is 0.339 e. The molecule has 2 aromatic carbocycles. The van der Waals surface area contributed by atoms with Crippen LogP contribution in [0.1, 0.15) is 58.4 Å². The molecule has 0 radical (unpaired) electrons. The van der Waals surface area contributed by atoms with Gasteiger partial charge in [-0.05, 0) is 44.2 Å². The first-order valence-corrected chi connectivity index (χ1v) is 9.27. The van der Waals surface area contributed by atoms with Crippen molar-refractivity contribution < 1.29 is 29.5 Å². The molecule has 2 N–H and O–H groups in total. The van der Waals surface area contributed by atoms with Gasteiger partial charge in [-0.3, -0.25) is 10.1 Å². The smallest absolute Gasteiger partial charge is 0.339 e. The summed E-state index contributed by atoms with van der Waals surface area (Å²) >= 11 is 0. The quantitative estimate of drug-likeness (QED) is 0.549. The van der Waals surface area contributed by atoms with Crippen molar-refractivity contribution in [1.82, 2.24) is 0 Å². The van der Waals surface area contributed by atoms with Gasteiger partial charge in [0.25, 0.3) is 5.69 Å². The molecule has 1 aliphatic rings. The summed E-state index contributed by atoms with van der Waals surface area (Å²) in [5.74, 6) is -2.33. The Kier molecular flexibility index (Phi) is 7.70. The summed E-state index contributed by atoms with van der Waals surface area (Å²) in [7, 11) is 0. The lowest BCUT2D eigenvalue weighted by atomic mass is 9.97. The van der Waals surface area contributed by atoms with Crippen molar-refractivity contribution in [1.29, 1.82) is 0 Å². The van der Waals surface area contributed by atoms with Crippen molar-refractivity contribution in [2.75, 3.05) is 0 Å². The third-order valence-electron chi connectivity index (χ3n) is 4.61. The molecular formula is C21H23NO7. The van der Waals surface area contributed by atoms with E-state index >= 15 is 0 Å². The predicted octanol–water partition coefficient (Wildman–Crippen LogP) is 4.70. The van der Waals surface area contributed by atoms with Crippen LogP contribution in [-0.4, -0.2) is 33.2 Å². The van der Waals surface area contributed by atoms with Gasteiger partial charge in [0.1, 0.15) is 16.9 Å². The van der Waals surface area contributed by atoms with Crippen molar-refractivity contribution in [3.8, 4) is 5.75 Å². The van der Waals surface area contributed by atoms with Gasteiger partial charge in [-0.1, -0.05) is 30.7 Å². The number of non-ortho nitro benzene ring substituents is 1. The number of rotatable bonds is 5. The first kappa shape index (κ1) is 21.9. The molecule has 2 aromatic rings. The minimum absolute atomic E-state index is 0.00287. The van der Waals surface area contributed by atoms with Crippen LogP contribution in [-0.2, 0) is 0 Å². The molecule has 0 saturated heterocycles. The predicted molar refractivity (Wildman–Crippen MR) is 106 cm³/mol. The van der Waals surface area contributed by atoms with E-state index in [1.807, 2.05) is 0 Å². The van der Waals surface area contributed by atoms with Crippen LogP contribution in [0.2, 0.25) is 0 Å². The second-order valence-electron chi connectivity index (χ2n) is 6.71. The molecule has 1 fully saturated rings. The number of nitro benzene ring substituents is 1. The Hall–Kier alpha value is -3.42. The number of carboxylic acids is 2. The number of carboxylic acid groups (broad SMARTS) is 2. The number of hydrogen-bond donors (Lipinski definition) is 2. The Labute approximate surface area is 167 Å². The second kappa shape index (κ2) is 10.2. The average molecular weight is 401 g/mol. The Balaban J connectivity index is 0.000000278. The highest BCUT2D eigenvalue weighted by atomic mass is 16.6. The van der Waals surface area contributed by atoms with E-state index in [-0.39, 0.29) is 28.7 Å². The number of nitrogens with zero attached hydrogens (tertiary/aromatic N) is 1. The van der Waals surface area contributed by atoms with Crippen molar-refractivity contribution in [3.05, 3.63) is 69.3 Å². The molecule has 0 aromatic heterocycles. The molecule has 8 heteroatoms. The first-order chi connectivity index (χ1) is 13.8. The molecule has 1 saturated carbocycles. The van der Waals surface area contributed by atoms with Crippen LogP contribution in [0.5, 0.6) is 5.75 Å². The summed E-state index contributed by atoms with van der Waals surface area (Å²) in [6.45, 7) is 1.64. The third-order valence-corrected chi connectivity index (χ3v) is 4.61. The van der Waals surface area contributed by atoms with E-state index in [0.29, 0.717) is 5.56 Å². The van der Waals surface area contributed by atoms with E-state index in [1.54, 1.807) is 25.1 Å². The topological polar surface area (TPSA) is 127 Å². The van der Waals surface area contributed by atoms with Gasteiger partial charge >= 0.3 is 11.9 Å². The van der Waals surface area contributed by atoms with Gasteiger partial charge in [-0.15, -0.1) is 0 Å².